The molecule has 2 aromatic rings. The Balaban J connectivity index is 1.85. The molecule has 0 bridgehead atoms. The largest absolute Gasteiger partial charge is 0.508 e. The number of phenols is 1. The van der Waals surface area contributed by atoms with Crippen molar-refractivity contribution >= 4 is 17.5 Å². The normalized spacial score (nSPS) is 20.1. The third-order valence-electron chi connectivity index (χ3n) is 3.81. The van der Waals surface area contributed by atoms with Gasteiger partial charge in [-0.1, -0.05) is 30.3 Å². The number of anilines is 1. The number of carbonyl (C=O) groups excluding carboxylic acids is 2. The van der Waals surface area contributed by atoms with E-state index in [1.807, 2.05) is 25.1 Å². The van der Waals surface area contributed by atoms with Gasteiger partial charge in [-0.15, -0.1) is 0 Å². The summed E-state index contributed by atoms with van der Waals surface area (Å²) in [6.07, 6.45) is 0. The van der Waals surface area contributed by atoms with Crippen molar-refractivity contribution in [2.45, 2.75) is 13.0 Å². The van der Waals surface area contributed by atoms with E-state index < -0.39 is 23.8 Å². The summed E-state index contributed by atoms with van der Waals surface area (Å²) in [6.45, 7) is 1.92. The number of benzene rings is 2. The van der Waals surface area contributed by atoms with Gasteiger partial charge in [-0.3, -0.25) is 15.0 Å². The molecule has 0 aliphatic carbocycles. The molecule has 0 spiro atoms. The maximum atomic E-state index is 12.5. The van der Waals surface area contributed by atoms with E-state index in [-0.39, 0.29) is 5.75 Å². The molecule has 118 valence electrons. The van der Waals surface area contributed by atoms with E-state index in [0.717, 1.165) is 5.56 Å². The minimum absolute atomic E-state index is 0.0369. The molecular formula is C17H17N3O3. The van der Waals surface area contributed by atoms with Crippen molar-refractivity contribution in [2.75, 3.05) is 5.32 Å². The first kappa shape index (κ1) is 15.1. The Bertz CT molecular complexity index is 760. The smallest absolute Gasteiger partial charge is 0.248 e. The quantitative estimate of drug-likeness (QED) is 0.649. The second kappa shape index (κ2) is 6.10. The molecule has 2 atom stereocenters. The highest BCUT2D eigenvalue weighted by Gasteiger charge is 2.42. The highest BCUT2D eigenvalue weighted by molar-refractivity contribution is 6.08. The number of nitrogens with one attached hydrogen (secondary N) is 3. The van der Waals surface area contributed by atoms with Gasteiger partial charge < -0.3 is 10.4 Å². The monoisotopic (exact) mass is 311 g/mol. The number of carbonyl (C=O) groups is 2. The Hall–Kier alpha value is -2.86. The van der Waals surface area contributed by atoms with E-state index >= 15 is 0 Å². The van der Waals surface area contributed by atoms with Crippen molar-refractivity contribution in [1.82, 2.24) is 10.9 Å². The number of hydrogen-bond acceptors (Lipinski definition) is 4. The van der Waals surface area contributed by atoms with Crippen LogP contribution in [0.1, 0.15) is 17.2 Å². The molecule has 6 nitrogen and oxygen atoms in total. The molecule has 1 aliphatic heterocycles. The van der Waals surface area contributed by atoms with Crippen molar-refractivity contribution < 1.29 is 14.7 Å². The van der Waals surface area contributed by atoms with Gasteiger partial charge in [-0.05, 0) is 30.7 Å². The van der Waals surface area contributed by atoms with E-state index in [1.54, 1.807) is 24.3 Å². The van der Waals surface area contributed by atoms with Gasteiger partial charge in [0.25, 0.3) is 0 Å². The summed E-state index contributed by atoms with van der Waals surface area (Å²) < 4.78 is 0. The predicted octanol–water partition coefficient (Wildman–Crippen LogP) is 1.63. The summed E-state index contributed by atoms with van der Waals surface area (Å²) in [5.41, 5.74) is 7.37. The molecule has 2 aromatic carbocycles. The van der Waals surface area contributed by atoms with Crippen LogP contribution in [-0.2, 0) is 9.59 Å². The number of rotatable bonds is 3. The van der Waals surface area contributed by atoms with Gasteiger partial charge in [0.15, 0.2) is 0 Å². The lowest BCUT2D eigenvalue weighted by Gasteiger charge is -2.18. The van der Waals surface area contributed by atoms with E-state index in [0.29, 0.717) is 11.3 Å². The van der Waals surface area contributed by atoms with Crippen molar-refractivity contribution in [3.05, 3.63) is 59.7 Å². The molecule has 0 aromatic heterocycles. The van der Waals surface area contributed by atoms with Crippen LogP contribution in [0.25, 0.3) is 0 Å². The average Bonchev–Trinajstić information content (AvgIpc) is 2.89. The number of phenolic OH excluding ortho intramolecular Hbond substituents is 1. The summed E-state index contributed by atoms with van der Waals surface area (Å²) in [4.78, 5) is 24.6. The molecular weight excluding hydrogens is 294 g/mol. The summed E-state index contributed by atoms with van der Waals surface area (Å²) in [5.74, 6) is -1.78. The topological polar surface area (TPSA) is 90.5 Å². The lowest BCUT2D eigenvalue weighted by molar-refractivity contribution is -0.130. The van der Waals surface area contributed by atoms with Crippen LogP contribution in [0.4, 0.5) is 5.69 Å². The first-order valence-corrected chi connectivity index (χ1v) is 7.27. The Morgan fingerprint density at radius 3 is 2.70 bits per heavy atom. The Kier molecular flexibility index (Phi) is 3.99. The van der Waals surface area contributed by atoms with Crippen molar-refractivity contribution in [2.24, 2.45) is 5.92 Å². The molecule has 1 heterocycles. The zero-order valence-corrected chi connectivity index (χ0v) is 12.5. The highest BCUT2D eigenvalue weighted by Crippen LogP contribution is 2.32. The first-order chi connectivity index (χ1) is 11.1. The van der Waals surface area contributed by atoms with E-state index in [1.165, 1.54) is 6.07 Å². The number of amides is 2. The van der Waals surface area contributed by atoms with Crippen molar-refractivity contribution in [3.8, 4) is 5.75 Å². The predicted molar refractivity (Wildman–Crippen MR) is 85.4 cm³/mol. The molecule has 1 fully saturated rings. The van der Waals surface area contributed by atoms with E-state index in [4.69, 9.17) is 0 Å². The average molecular weight is 311 g/mol. The number of aryl methyl sites for hydroxylation is 1. The van der Waals surface area contributed by atoms with Crippen molar-refractivity contribution in [1.29, 1.82) is 0 Å². The van der Waals surface area contributed by atoms with Crippen LogP contribution in [-0.4, -0.2) is 16.9 Å². The molecule has 4 N–H and O–H groups in total. The van der Waals surface area contributed by atoms with Crippen molar-refractivity contribution in [3.63, 3.8) is 0 Å². The molecule has 23 heavy (non-hydrogen) atoms. The van der Waals surface area contributed by atoms with Crippen LogP contribution >= 0.6 is 0 Å². The van der Waals surface area contributed by atoms with Crippen LogP contribution in [0.3, 0.4) is 0 Å². The number of para-hydroxylation sites is 1. The third kappa shape index (κ3) is 3.02. The zero-order valence-electron chi connectivity index (χ0n) is 12.5. The number of hydrogen-bond donors (Lipinski definition) is 4. The summed E-state index contributed by atoms with van der Waals surface area (Å²) in [6, 6.07) is 13.3. The van der Waals surface area contributed by atoms with Crippen LogP contribution in [0.5, 0.6) is 5.75 Å². The Morgan fingerprint density at radius 1 is 1.17 bits per heavy atom. The van der Waals surface area contributed by atoms with Gasteiger partial charge in [0.2, 0.25) is 11.8 Å². The Morgan fingerprint density at radius 2 is 1.96 bits per heavy atom. The minimum atomic E-state index is -0.969. The standard InChI is InChI=1S/C17H17N3O3/c1-10-5-4-6-11(9-10)18-16(22)14-15(19-20-17(14)23)12-7-2-3-8-13(12)21/h2-9,14-15,19,21H,1H3,(H,18,22)(H,20,23)/t14-,15-/m1/s1. The zero-order chi connectivity index (χ0) is 16.4. The SMILES string of the molecule is Cc1cccc(NC(=O)[C@@H]2C(=O)NN[C@@H]2c2ccccc2O)c1. The van der Waals surface area contributed by atoms with E-state index in [9.17, 15) is 14.7 Å². The van der Waals surface area contributed by atoms with Crippen LogP contribution in [0.15, 0.2) is 48.5 Å². The lowest BCUT2D eigenvalue weighted by Crippen LogP contribution is -2.32. The van der Waals surface area contributed by atoms with Gasteiger partial charge in [0.1, 0.15) is 11.7 Å². The van der Waals surface area contributed by atoms with Gasteiger partial charge >= 0.3 is 0 Å². The molecule has 1 aliphatic rings. The molecule has 0 unspecified atom stereocenters. The minimum Gasteiger partial charge on any atom is -0.508 e. The second-order valence-electron chi connectivity index (χ2n) is 5.51. The fraction of sp³-hybridized carbons (Fsp3) is 0.176. The van der Waals surface area contributed by atoms with Gasteiger partial charge in [-0.25, -0.2) is 5.43 Å². The van der Waals surface area contributed by atoms with Crippen LogP contribution < -0.4 is 16.2 Å². The lowest BCUT2D eigenvalue weighted by atomic mass is 9.93. The first-order valence-electron chi connectivity index (χ1n) is 7.27. The molecule has 0 saturated carbocycles. The molecule has 6 heteroatoms. The third-order valence-corrected chi connectivity index (χ3v) is 3.81. The Labute approximate surface area is 133 Å². The molecule has 3 rings (SSSR count). The summed E-state index contributed by atoms with van der Waals surface area (Å²) >= 11 is 0. The fourth-order valence-electron chi connectivity index (χ4n) is 2.68. The van der Waals surface area contributed by atoms with Gasteiger partial charge in [0, 0.05) is 11.3 Å². The molecule has 0 radical (unpaired) electrons. The number of aromatic hydroxyl groups is 1. The summed E-state index contributed by atoms with van der Waals surface area (Å²) in [5, 5.41) is 12.7. The van der Waals surface area contributed by atoms with Crippen LogP contribution in [0.2, 0.25) is 0 Å². The maximum Gasteiger partial charge on any atom is 0.248 e. The summed E-state index contributed by atoms with van der Waals surface area (Å²) in [7, 11) is 0. The second-order valence-corrected chi connectivity index (χ2v) is 5.51. The number of hydrazine groups is 1. The van der Waals surface area contributed by atoms with Gasteiger partial charge in [-0.2, -0.15) is 0 Å². The van der Waals surface area contributed by atoms with E-state index in [2.05, 4.69) is 16.2 Å². The van der Waals surface area contributed by atoms with Crippen LogP contribution in [0, 0.1) is 12.8 Å². The fourth-order valence-corrected chi connectivity index (χ4v) is 2.68. The van der Waals surface area contributed by atoms with Gasteiger partial charge in [0.05, 0.1) is 6.04 Å². The maximum absolute atomic E-state index is 12.5. The molecule has 1 saturated heterocycles. The highest BCUT2D eigenvalue weighted by atomic mass is 16.3. The molecule has 2 amide bonds.